The predicted molar refractivity (Wildman–Crippen MR) is 81.7 cm³/mol. The molecule has 1 aliphatic heterocycles. The SMILES string of the molecule is CCOc1cc(Cl)ccc1CNC(=O)N1CCC[C@@H]1CO. The van der Waals surface area contributed by atoms with Crippen LogP contribution in [0.15, 0.2) is 18.2 Å². The Kier molecular flexibility index (Phi) is 5.70. The Morgan fingerprint density at radius 2 is 2.38 bits per heavy atom. The van der Waals surface area contributed by atoms with E-state index in [1.807, 2.05) is 13.0 Å². The topological polar surface area (TPSA) is 61.8 Å². The second-order valence-corrected chi connectivity index (χ2v) is 5.45. The van der Waals surface area contributed by atoms with Gasteiger partial charge < -0.3 is 20.1 Å². The number of halogens is 1. The summed E-state index contributed by atoms with van der Waals surface area (Å²) in [6.45, 7) is 3.52. The fourth-order valence-electron chi connectivity index (χ4n) is 2.53. The third kappa shape index (κ3) is 4.02. The molecule has 5 nitrogen and oxygen atoms in total. The van der Waals surface area contributed by atoms with Gasteiger partial charge in [0, 0.05) is 23.7 Å². The molecule has 1 aromatic rings. The fourth-order valence-corrected chi connectivity index (χ4v) is 2.69. The maximum Gasteiger partial charge on any atom is 0.317 e. The van der Waals surface area contributed by atoms with Crippen molar-refractivity contribution in [2.75, 3.05) is 19.8 Å². The molecule has 1 aliphatic rings. The molecule has 1 fully saturated rings. The lowest BCUT2D eigenvalue weighted by Crippen LogP contribution is -2.43. The summed E-state index contributed by atoms with van der Waals surface area (Å²) >= 11 is 5.95. The number of hydrogen-bond donors (Lipinski definition) is 2. The molecule has 0 bridgehead atoms. The molecule has 0 unspecified atom stereocenters. The number of hydrogen-bond acceptors (Lipinski definition) is 3. The molecule has 1 atom stereocenters. The van der Waals surface area contributed by atoms with Crippen LogP contribution in [0.4, 0.5) is 4.79 Å². The van der Waals surface area contributed by atoms with E-state index in [1.54, 1.807) is 17.0 Å². The van der Waals surface area contributed by atoms with E-state index in [2.05, 4.69) is 5.32 Å². The van der Waals surface area contributed by atoms with Crippen molar-refractivity contribution in [2.24, 2.45) is 0 Å². The lowest BCUT2D eigenvalue weighted by Gasteiger charge is -2.23. The first kappa shape index (κ1) is 15.9. The molecule has 0 aliphatic carbocycles. The number of rotatable bonds is 5. The summed E-state index contributed by atoms with van der Waals surface area (Å²) in [6.07, 6.45) is 1.79. The number of carbonyl (C=O) groups excluding carboxylic acids is 1. The zero-order chi connectivity index (χ0) is 15.2. The minimum absolute atomic E-state index is 0.0125. The average Bonchev–Trinajstić information content (AvgIpc) is 2.95. The predicted octanol–water partition coefficient (Wildman–Crippen LogP) is 2.41. The van der Waals surface area contributed by atoms with Crippen molar-refractivity contribution in [1.82, 2.24) is 10.2 Å². The molecule has 116 valence electrons. The van der Waals surface area contributed by atoms with Crippen LogP contribution in [0.1, 0.15) is 25.3 Å². The van der Waals surface area contributed by atoms with Gasteiger partial charge in [-0.05, 0) is 31.9 Å². The van der Waals surface area contributed by atoms with E-state index >= 15 is 0 Å². The average molecular weight is 313 g/mol. The minimum atomic E-state index is -0.149. The first-order valence-electron chi connectivity index (χ1n) is 7.22. The molecule has 2 N–H and O–H groups in total. The molecule has 0 spiro atoms. The fraction of sp³-hybridized carbons (Fsp3) is 0.533. The molecular formula is C15H21ClN2O3. The summed E-state index contributed by atoms with van der Waals surface area (Å²) in [5.74, 6) is 0.686. The number of nitrogens with one attached hydrogen (secondary N) is 1. The maximum atomic E-state index is 12.2. The third-order valence-electron chi connectivity index (χ3n) is 3.61. The first-order valence-corrected chi connectivity index (χ1v) is 7.60. The molecular weight excluding hydrogens is 292 g/mol. The van der Waals surface area contributed by atoms with Crippen molar-refractivity contribution in [1.29, 1.82) is 0 Å². The summed E-state index contributed by atoms with van der Waals surface area (Å²) in [5, 5.41) is 12.7. The lowest BCUT2D eigenvalue weighted by atomic mass is 10.2. The standard InChI is InChI=1S/C15H21ClN2O3/c1-2-21-14-8-12(16)6-5-11(14)9-17-15(20)18-7-3-4-13(18)10-19/h5-6,8,13,19H,2-4,7,9-10H2,1H3,(H,17,20)/t13-/m1/s1. The van der Waals surface area contributed by atoms with Crippen LogP contribution >= 0.6 is 11.6 Å². The van der Waals surface area contributed by atoms with Crippen molar-refractivity contribution < 1.29 is 14.6 Å². The Morgan fingerprint density at radius 3 is 3.10 bits per heavy atom. The number of nitrogens with zero attached hydrogens (tertiary/aromatic N) is 1. The zero-order valence-electron chi connectivity index (χ0n) is 12.1. The van der Waals surface area contributed by atoms with Gasteiger partial charge in [-0.2, -0.15) is 0 Å². The minimum Gasteiger partial charge on any atom is -0.493 e. The van der Waals surface area contributed by atoms with Crippen molar-refractivity contribution >= 4 is 17.6 Å². The molecule has 2 rings (SSSR count). The van der Waals surface area contributed by atoms with Crippen molar-refractivity contribution in [3.63, 3.8) is 0 Å². The lowest BCUT2D eigenvalue weighted by molar-refractivity contribution is 0.157. The number of carbonyl (C=O) groups is 1. The van der Waals surface area contributed by atoms with Gasteiger partial charge in [-0.25, -0.2) is 4.79 Å². The summed E-state index contributed by atoms with van der Waals surface area (Å²) in [5.41, 5.74) is 0.884. The Morgan fingerprint density at radius 1 is 1.57 bits per heavy atom. The van der Waals surface area contributed by atoms with E-state index in [0.717, 1.165) is 18.4 Å². The Hall–Kier alpha value is -1.46. The molecule has 21 heavy (non-hydrogen) atoms. The van der Waals surface area contributed by atoms with Gasteiger partial charge in [-0.15, -0.1) is 0 Å². The highest BCUT2D eigenvalue weighted by Crippen LogP contribution is 2.24. The number of likely N-dealkylation sites (tertiary alicyclic amines) is 1. The van der Waals surface area contributed by atoms with Crippen molar-refractivity contribution in [3.8, 4) is 5.75 Å². The van der Waals surface area contributed by atoms with E-state index in [9.17, 15) is 9.90 Å². The largest absolute Gasteiger partial charge is 0.493 e. The highest BCUT2D eigenvalue weighted by Gasteiger charge is 2.27. The van der Waals surface area contributed by atoms with Gasteiger partial charge in [-0.3, -0.25) is 0 Å². The van der Waals surface area contributed by atoms with E-state index < -0.39 is 0 Å². The number of ether oxygens (including phenoxy) is 1. The Balaban J connectivity index is 1.97. The number of amides is 2. The Labute approximate surface area is 129 Å². The first-order chi connectivity index (χ1) is 10.2. The van der Waals surface area contributed by atoms with Crippen LogP contribution in [0.25, 0.3) is 0 Å². The van der Waals surface area contributed by atoms with Crippen molar-refractivity contribution in [3.05, 3.63) is 28.8 Å². The molecule has 1 aromatic carbocycles. The van der Waals surface area contributed by atoms with Gasteiger partial charge in [0.1, 0.15) is 5.75 Å². The van der Waals surface area contributed by atoms with E-state index in [0.29, 0.717) is 30.5 Å². The van der Waals surface area contributed by atoms with Gasteiger partial charge in [-0.1, -0.05) is 17.7 Å². The molecule has 6 heteroatoms. The zero-order valence-corrected chi connectivity index (χ0v) is 12.9. The van der Waals surface area contributed by atoms with Gasteiger partial charge >= 0.3 is 6.03 Å². The molecule has 0 aromatic heterocycles. The molecule has 1 saturated heterocycles. The van der Waals surface area contributed by atoms with Gasteiger partial charge in [0.2, 0.25) is 0 Å². The van der Waals surface area contributed by atoms with Crippen molar-refractivity contribution in [2.45, 2.75) is 32.4 Å². The second kappa shape index (κ2) is 7.52. The van der Waals surface area contributed by atoms with Gasteiger partial charge in [0.25, 0.3) is 0 Å². The second-order valence-electron chi connectivity index (χ2n) is 5.02. The molecule has 0 radical (unpaired) electrons. The highest BCUT2D eigenvalue weighted by molar-refractivity contribution is 6.30. The van der Waals surface area contributed by atoms with Crippen LogP contribution in [0, 0.1) is 0 Å². The molecule has 2 amide bonds. The number of aliphatic hydroxyl groups excluding tert-OH is 1. The summed E-state index contributed by atoms with van der Waals surface area (Å²) in [6, 6.07) is 5.16. The monoisotopic (exact) mass is 312 g/mol. The van der Waals surface area contributed by atoms with Gasteiger partial charge in [0.05, 0.1) is 19.3 Å². The smallest absolute Gasteiger partial charge is 0.317 e. The summed E-state index contributed by atoms with van der Waals surface area (Å²) < 4.78 is 5.53. The van der Waals surface area contributed by atoms with Crippen LogP contribution in [0.2, 0.25) is 5.02 Å². The molecule has 1 heterocycles. The van der Waals surface area contributed by atoms with Crippen LogP contribution in [-0.2, 0) is 6.54 Å². The Bertz CT molecular complexity index is 496. The van der Waals surface area contributed by atoms with Crippen LogP contribution in [0.3, 0.4) is 0 Å². The number of aliphatic hydroxyl groups is 1. The quantitative estimate of drug-likeness (QED) is 0.877. The van der Waals surface area contributed by atoms with Crippen LogP contribution in [-0.4, -0.2) is 41.8 Å². The maximum absolute atomic E-state index is 12.2. The van der Waals surface area contributed by atoms with Crippen LogP contribution in [0.5, 0.6) is 5.75 Å². The van der Waals surface area contributed by atoms with E-state index in [-0.39, 0.29) is 18.7 Å². The summed E-state index contributed by atoms with van der Waals surface area (Å²) in [4.78, 5) is 13.9. The normalized spacial score (nSPS) is 17.9. The van der Waals surface area contributed by atoms with E-state index in [1.165, 1.54) is 0 Å². The van der Waals surface area contributed by atoms with E-state index in [4.69, 9.17) is 16.3 Å². The third-order valence-corrected chi connectivity index (χ3v) is 3.84. The van der Waals surface area contributed by atoms with Crippen LogP contribution < -0.4 is 10.1 Å². The molecule has 0 saturated carbocycles. The number of benzene rings is 1. The summed E-state index contributed by atoms with van der Waals surface area (Å²) in [7, 11) is 0. The number of urea groups is 1. The van der Waals surface area contributed by atoms with Gasteiger partial charge in [0.15, 0.2) is 0 Å². The highest BCUT2D eigenvalue weighted by atomic mass is 35.5.